The molecule has 20 heavy (non-hydrogen) atoms. The predicted molar refractivity (Wildman–Crippen MR) is 76.1 cm³/mol. The number of ether oxygens (including phenoxy) is 1. The summed E-state index contributed by atoms with van der Waals surface area (Å²) in [6.45, 7) is 5.62. The molecule has 1 amide bonds. The average molecular weight is 280 g/mol. The van der Waals surface area contributed by atoms with Crippen molar-refractivity contribution in [2.24, 2.45) is 0 Å². The summed E-state index contributed by atoms with van der Waals surface area (Å²) in [4.78, 5) is 11.7. The van der Waals surface area contributed by atoms with Gasteiger partial charge in [-0.3, -0.25) is 4.79 Å². The summed E-state index contributed by atoms with van der Waals surface area (Å²) in [6, 6.07) is 3.49. The van der Waals surface area contributed by atoms with Gasteiger partial charge in [0.1, 0.15) is 5.82 Å². The Balaban J connectivity index is 1.97. The molecule has 1 aromatic rings. The number of nitrogens with one attached hydrogen (secondary N) is 2. The molecule has 0 radical (unpaired) electrons. The number of benzene rings is 1. The SMILES string of the molecule is CC(C)OCCC(=O)Nc1ccc2c(c1F)CCNC2. The van der Waals surface area contributed by atoms with E-state index < -0.39 is 0 Å². The molecule has 110 valence electrons. The van der Waals surface area contributed by atoms with Gasteiger partial charge in [-0.25, -0.2) is 4.39 Å². The molecule has 0 aromatic heterocycles. The van der Waals surface area contributed by atoms with E-state index in [2.05, 4.69) is 10.6 Å². The molecule has 0 aliphatic carbocycles. The van der Waals surface area contributed by atoms with Crippen molar-refractivity contribution >= 4 is 11.6 Å². The van der Waals surface area contributed by atoms with Gasteiger partial charge < -0.3 is 15.4 Å². The Kier molecular flexibility index (Phi) is 5.09. The number of hydrogen-bond donors (Lipinski definition) is 2. The highest BCUT2D eigenvalue weighted by Gasteiger charge is 2.17. The number of halogens is 1. The second-order valence-electron chi connectivity index (χ2n) is 5.21. The lowest BCUT2D eigenvalue weighted by Gasteiger charge is -2.19. The van der Waals surface area contributed by atoms with Crippen LogP contribution in [0, 0.1) is 5.82 Å². The van der Waals surface area contributed by atoms with Gasteiger partial charge >= 0.3 is 0 Å². The first-order valence-electron chi connectivity index (χ1n) is 7.00. The van der Waals surface area contributed by atoms with E-state index in [4.69, 9.17) is 4.74 Å². The van der Waals surface area contributed by atoms with E-state index in [0.717, 1.165) is 12.1 Å². The Labute approximate surface area is 118 Å². The third kappa shape index (κ3) is 3.77. The maximum atomic E-state index is 14.3. The van der Waals surface area contributed by atoms with E-state index >= 15 is 0 Å². The third-order valence-electron chi connectivity index (χ3n) is 3.26. The van der Waals surface area contributed by atoms with Crippen molar-refractivity contribution in [3.05, 3.63) is 29.1 Å². The molecule has 2 N–H and O–H groups in total. The Morgan fingerprint density at radius 1 is 1.50 bits per heavy atom. The van der Waals surface area contributed by atoms with Crippen LogP contribution in [0.25, 0.3) is 0 Å². The predicted octanol–water partition coefficient (Wildman–Crippen LogP) is 2.23. The largest absolute Gasteiger partial charge is 0.378 e. The highest BCUT2D eigenvalue weighted by Crippen LogP contribution is 2.24. The fourth-order valence-electron chi connectivity index (χ4n) is 2.23. The molecule has 0 saturated carbocycles. The summed E-state index contributed by atoms with van der Waals surface area (Å²) in [5.74, 6) is -0.527. The maximum absolute atomic E-state index is 14.3. The number of carbonyl (C=O) groups is 1. The summed E-state index contributed by atoms with van der Waals surface area (Å²) in [5, 5.41) is 5.82. The molecule has 0 fully saturated rings. The van der Waals surface area contributed by atoms with E-state index in [1.54, 1.807) is 6.07 Å². The molecule has 5 heteroatoms. The van der Waals surface area contributed by atoms with Crippen LogP contribution < -0.4 is 10.6 Å². The van der Waals surface area contributed by atoms with E-state index in [9.17, 15) is 9.18 Å². The van der Waals surface area contributed by atoms with E-state index in [0.29, 0.717) is 25.1 Å². The lowest BCUT2D eigenvalue weighted by molar-refractivity contribution is -0.117. The van der Waals surface area contributed by atoms with Crippen LogP contribution in [0.1, 0.15) is 31.4 Å². The first-order chi connectivity index (χ1) is 9.58. The van der Waals surface area contributed by atoms with Crippen molar-refractivity contribution in [3.63, 3.8) is 0 Å². The fourth-order valence-corrected chi connectivity index (χ4v) is 2.23. The molecule has 1 aliphatic rings. The quantitative estimate of drug-likeness (QED) is 0.869. The second kappa shape index (κ2) is 6.81. The minimum atomic E-state index is -0.304. The third-order valence-corrected chi connectivity index (χ3v) is 3.26. The molecule has 0 bridgehead atoms. The summed E-state index contributed by atoms with van der Waals surface area (Å²) >= 11 is 0. The molecule has 1 aromatic carbocycles. The van der Waals surface area contributed by atoms with Crippen molar-refractivity contribution in [2.45, 2.75) is 39.3 Å². The van der Waals surface area contributed by atoms with Gasteiger partial charge in [-0.2, -0.15) is 0 Å². The monoisotopic (exact) mass is 280 g/mol. The molecule has 0 unspecified atom stereocenters. The molecule has 0 atom stereocenters. The Bertz CT molecular complexity index is 489. The van der Waals surface area contributed by atoms with E-state index in [-0.39, 0.29) is 29.9 Å². The van der Waals surface area contributed by atoms with Crippen LogP contribution in [-0.2, 0) is 22.5 Å². The number of hydrogen-bond acceptors (Lipinski definition) is 3. The Hall–Kier alpha value is -1.46. The van der Waals surface area contributed by atoms with Gasteiger partial charge in [-0.1, -0.05) is 6.07 Å². The van der Waals surface area contributed by atoms with Crippen molar-refractivity contribution in [1.29, 1.82) is 0 Å². The molecule has 1 heterocycles. The van der Waals surface area contributed by atoms with Crippen LogP contribution in [0.2, 0.25) is 0 Å². The number of rotatable bonds is 5. The second-order valence-corrected chi connectivity index (χ2v) is 5.21. The summed E-state index contributed by atoms with van der Waals surface area (Å²) in [6.07, 6.45) is 0.980. The van der Waals surface area contributed by atoms with Crippen molar-refractivity contribution < 1.29 is 13.9 Å². The molecule has 1 aliphatic heterocycles. The minimum Gasteiger partial charge on any atom is -0.378 e. The molecular formula is C15H21FN2O2. The normalized spacial score (nSPS) is 14.2. The Morgan fingerprint density at radius 3 is 3.05 bits per heavy atom. The maximum Gasteiger partial charge on any atom is 0.226 e. The van der Waals surface area contributed by atoms with Crippen LogP contribution in [0.15, 0.2) is 12.1 Å². The van der Waals surface area contributed by atoms with E-state index in [1.165, 1.54) is 0 Å². The van der Waals surface area contributed by atoms with Gasteiger partial charge in [-0.15, -0.1) is 0 Å². The van der Waals surface area contributed by atoms with Crippen molar-refractivity contribution in [2.75, 3.05) is 18.5 Å². The Morgan fingerprint density at radius 2 is 2.30 bits per heavy atom. The minimum absolute atomic E-state index is 0.0933. The molecule has 2 rings (SSSR count). The van der Waals surface area contributed by atoms with E-state index in [1.807, 2.05) is 19.9 Å². The van der Waals surface area contributed by atoms with Gasteiger partial charge in [0.05, 0.1) is 24.8 Å². The van der Waals surface area contributed by atoms with Crippen LogP contribution in [-0.4, -0.2) is 25.2 Å². The van der Waals surface area contributed by atoms with Gasteiger partial charge in [-0.05, 0) is 44.0 Å². The van der Waals surface area contributed by atoms with Gasteiger partial charge in [0.25, 0.3) is 0 Å². The fraction of sp³-hybridized carbons (Fsp3) is 0.533. The van der Waals surface area contributed by atoms with Gasteiger partial charge in [0.15, 0.2) is 0 Å². The number of anilines is 1. The van der Waals surface area contributed by atoms with Crippen LogP contribution in [0.5, 0.6) is 0 Å². The van der Waals surface area contributed by atoms with Gasteiger partial charge in [0, 0.05) is 6.54 Å². The average Bonchev–Trinajstić information content (AvgIpc) is 2.42. The standard InChI is InChI=1S/C15H21FN2O2/c1-10(2)20-8-6-14(19)18-13-4-3-11-9-17-7-5-12(11)15(13)16/h3-4,10,17H,5-9H2,1-2H3,(H,18,19). The molecule has 0 spiro atoms. The zero-order valence-electron chi connectivity index (χ0n) is 12.0. The molecular weight excluding hydrogens is 259 g/mol. The molecule has 4 nitrogen and oxygen atoms in total. The summed E-state index contributed by atoms with van der Waals surface area (Å²) < 4.78 is 19.6. The number of fused-ring (bicyclic) bond motifs is 1. The smallest absolute Gasteiger partial charge is 0.226 e. The summed E-state index contributed by atoms with van der Waals surface area (Å²) in [5.41, 5.74) is 1.94. The lowest BCUT2D eigenvalue weighted by Crippen LogP contribution is -2.25. The first kappa shape index (κ1) is 14.9. The topological polar surface area (TPSA) is 50.4 Å². The zero-order chi connectivity index (χ0) is 14.5. The van der Waals surface area contributed by atoms with Crippen LogP contribution >= 0.6 is 0 Å². The van der Waals surface area contributed by atoms with Crippen LogP contribution in [0.3, 0.4) is 0 Å². The van der Waals surface area contributed by atoms with Gasteiger partial charge in [0.2, 0.25) is 5.91 Å². The highest BCUT2D eigenvalue weighted by molar-refractivity contribution is 5.91. The number of amides is 1. The highest BCUT2D eigenvalue weighted by atomic mass is 19.1. The zero-order valence-corrected chi connectivity index (χ0v) is 12.0. The van der Waals surface area contributed by atoms with Crippen molar-refractivity contribution in [3.8, 4) is 0 Å². The van der Waals surface area contributed by atoms with Crippen LogP contribution in [0.4, 0.5) is 10.1 Å². The number of carbonyl (C=O) groups excluding carboxylic acids is 1. The first-order valence-corrected chi connectivity index (χ1v) is 7.00. The lowest BCUT2D eigenvalue weighted by atomic mass is 9.99. The molecule has 0 saturated heterocycles. The van der Waals surface area contributed by atoms with Crippen molar-refractivity contribution in [1.82, 2.24) is 5.32 Å². The summed E-state index contributed by atoms with van der Waals surface area (Å²) in [7, 11) is 0.